The molecule has 0 heterocycles. The van der Waals surface area contributed by atoms with E-state index in [-0.39, 0.29) is 36.1 Å². The van der Waals surface area contributed by atoms with E-state index >= 15 is 0 Å². The molecule has 1 N–H and O–H groups in total. The molecular formula is C13H22O4. The van der Waals surface area contributed by atoms with Crippen LogP contribution in [0.5, 0.6) is 0 Å². The summed E-state index contributed by atoms with van der Waals surface area (Å²) in [5.74, 6) is -0.287. The average Bonchev–Trinajstić information content (AvgIpc) is 2.55. The molecule has 0 bridgehead atoms. The molecule has 0 aromatic heterocycles. The number of hydrogen-bond acceptors (Lipinski definition) is 4. The van der Waals surface area contributed by atoms with Gasteiger partial charge in [0, 0.05) is 18.8 Å². The molecule has 98 valence electrons. The van der Waals surface area contributed by atoms with E-state index in [1.54, 1.807) is 0 Å². The van der Waals surface area contributed by atoms with Crippen LogP contribution in [-0.2, 0) is 14.3 Å². The van der Waals surface area contributed by atoms with E-state index in [1.807, 2.05) is 32.9 Å². The number of rotatable bonds is 4. The molecule has 1 aliphatic carbocycles. The molecule has 0 amide bonds. The maximum Gasteiger partial charge on any atom is 0.302 e. The normalized spacial score (nSPS) is 28.4. The molecule has 0 saturated heterocycles. The quantitative estimate of drug-likeness (QED) is 0.600. The minimum Gasteiger partial charge on any atom is -0.465 e. The van der Waals surface area contributed by atoms with Crippen LogP contribution in [0.4, 0.5) is 0 Å². The summed E-state index contributed by atoms with van der Waals surface area (Å²) in [6.07, 6.45) is 3.77. The molecule has 0 radical (unpaired) electrons. The Hall–Kier alpha value is -0.870. The Balaban J connectivity index is 2.62. The van der Waals surface area contributed by atoms with Gasteiger partial charge in [-0.15, -0.1) is 0 Å². The zero-order valence-corrected chi connectivity index (χ0v) is 11.0. The van der Waals surface area contributed by atoms with Gasteiger partial charge in [-0.1, -0.05) is 12.2 Å². The van der Waals surface area contributed by atoms with Gasteiger partial charge in [0.25, 0.3) is 0 Å². The van der Waals surface area contributed by atoms with Crippen molar-refractivity contribution in [3.05, 3.63) is 12.2 Å². The fourth-order valence-corrected chi connectivity index (χ4v) is 1.93. The Morgan fingerprint density at radius 1 is 1.29 bits per heavy atom. The van der Waals surface area contributed by atoms with E-state index in [4.69, 9.17) is 9.47 Å². The van der Waals surface area contributed by atoms with Gasteiger partial charge in [0.2, 0.25) is 0 Å². The predicted molar refractivity (Wildman–Crippen MR) is 64.5 cm³/mol. The maximum atomic E-state index is 10.8. The molecule has 4 heteroatoms. The lowest BCUT2D eigenvalue weighted by Crippen LogP contribution is -2.37. The number of carbonyl (C=O) groups excluding carboxylic acids is 1. The second-order valence-electron chi connectivity index (χ2n) is 5.39. The van der Waals surface area contributed by atoms with E-state index < -0.39 is 0 Å². The topological polar surface area (TPSA) is 55.8 Å². The summed E-state index contributed by atoms with van der Waals surface area (Å²) in [6.45, 7) is 7.67. The van der Waals surface area contributed by atoms with Crippen LogP contribution in [0.25, 0.3) is 0 Å². The average molecular weight is 242 g/mol. The number of esters is 1. The van der Waals surface area contributed by atoms with Gasteiger partial charge in [-0.05, 0) is 20.8 Å². The third kappa shape index (κ3) is 4.48. The first-order chi connectivity index (χ1) is 7.83. The van der Waals surface area contributed by atoms with E-state index in [0.29, 0.717) is 6.61 Å². The molecule has 1 aliphatic rings. The minimum atomic E-state index is -0.291. The molecule has 4 nitrogen and oxygen atoms in total. The van der Waals surface area contributed by atoms with Crippen molar-refractivity contribution in [3.8, 4) is 0 Å². The van der Waals surface area contributed by atoms with Gasteiger partial charge in [0.05, 0.1) is 18.3 Å². The van der Waals surface area contributed by atoms with Crippen LogP contribution in [0.1, 0.15) is 27.7 Å². The number of aliphatic hydroxyl groups excluding tert-OH is 1. The molecule has 0 aromatic rings. The summed E-state index contributed by atoms with van der Waals surface area (Å²) in [5.41, 5.74) is -0.279. The van der Waals surface area contributed by atoms with Crippen LogP contribution in [0.15, 0.2) is 12.2 Å². The number of ether oxygens (including phenoxy) is 2. The molecule has 0 unspecified atom stereocenters. The van der Waals surface area contributed by atoms with Gasteiger partial charge < -0.3 is 14.6 Å². The lowest BCUT2D eigenvalue weighted by atomic mass is 9.99. The Labute approximate surface area is 103 Å². The molecule has 1 rings (SSSR count). The molecule has 0 aliphatic heterocycles. The zero-order chi connectivity index (χ0) is 13.1. The molecular weight excluding hydrogens is 220 g/mol. The lowest BCUT2D eigenvalue weighted by molar-refractivity contribution is -0.146. The van der Waals surface area contributed by atoms with E-state index in [2.05, 4.69) is 0 Å². The van der Waals surface area contributed by atoms with Crippen molar-refractivity contribution in [3.63, 3.8) is 0 Å². The second-order valence-corrected chi connectivity index (χ2v) is 5.39. The summed E-state index contributed by atoms with van der Waals surface area (Å²) >= 11 is 0. The first kappa shape index (κ1) is 14.2. The highest BCUT2D eigenvalue weighted by Crippen LogP contribution is 2.30. The Kier molecular flexibility index (Phi) is 4.71. The largest absolute Gasteiger partial charge is 0.465 e. The van der Waals surface area contributed by atoms with Crippen LogP contribution < -0.4 is 0 Å². The molecule has 0 saturated carbocycles. The molecule has 3 atom stereocenters. The Morgan fingerprint density at radius 3 is 2.35 bits per heavy atom. The highest BCUT2D eigenvalue weighted by atomic mass is 16.5. The summed E-state index contributed by atoms with van der Waals surface area (Å²) in [5, 5.41) is 9.29. The summed E-state index contributed by atoms with van der Waals surface area (Å²) in [7, 11) is 0. The van der Waals surface area contributed by atoms with Crippen LogP contribution in [0.3, 0.4) is 0 Å². The summed E-state index contributed by atoms with van der Waals surface area (Å²) < 4.78 is 10.9. The summed E-state index contributed by atoms with van der Waals surface area (Å²) in [4.78, 5) is 10.8. The number of aliphatic hydroxyl groups is 1. The third-order valence-corrected chi connectivity index (χ3v) is 2.63. The van der Waals surface area contributed by atoms with Gasteiger partial charge in [-0.3, -0.25) is 4.79 Å². The summed E-state index contributed by atoms with van der Waals surface area (Å²) in [6, 6.07) is 0. The van der Waals surface area contributed by atoms with Gasteiger partial charge in [-0.25, -0.2) is 0 Å². The molecule has 0 aromatic carbocycles. The smallest absolute Gasteiger partial charge is 0.302 e. The first-order valence-electron chi connectivity index (χ1n) is 5.94. The van der Waals surface area contributed by atoms with Crippen molar-refractivity contribution in [2.75, 3.05) is 13.2 Å². The molecule has 17 heavy (non-hydrogen) atoms. The van der Waals surface area contributed by atoms with Crippen molar-refractivity contribution in [1.82, 2.24) is 0 Å². The number of hydrogen-bond donors (Lipinski definition) is 1. The minimum absolute atomic E-state index is 0.0187. The van der Waals surface area contributed by atoms with E-state index in [1.165, 1.54) is 6.92 Å². The Morgan fingerprint density at radius 2 is 1.88 bits per heavy atom. The second kappa shape index (κ2) is 5.65. The monoisotopic (exact) mass is 242 g/mol. The zero-order valence-electron chi connectivity index (χ0n) is 11.0. The van der Waals surface area contributed by atoms with Gasteiger partial charge in [0.15, 0.2) is 0 Å². The van der Waals surface area contributed by atoms with Crippen molar-refractivity contribution in [2.45, 2.75) is 39.4 Å². The van der Waals surface area contributed by atoms with Crippen LogP contribution in [0, 0.1) is 11.8 Å². The van der Waals surface area contributed by atoms with E-state index in [0.717, 1.165) is 0 Å². The van der Waals surface area contributed by atoms with Crippen LogP contribution >= 0.6 is 0 Å². The molecule has 0 spiro atoms. The highest BCUT2D eigenvalue weighted by molar-refractivity contribution is 5.65. The van der Waals surface area contributed by atoms with Crippen molar-refractivity contribution in [2.24, 2.45) is 11.8 Å². The lowest BCUT2D eigenvalue weighted by Gasteiger charge is -2.31. The van der Waals surface area contributed by atoms with Crippen molar-refractivity contribution < 1.29 is 19.4 Å². The standard InChI is InChI=1S/C13H22O4/c1-9(15)16-8-11-6-5-10(7-14)12(11)17-13(2,3)4/h5-6,10-12,14H,7-8H2,1-4H3/t10-,11+,12-/m1/s1. The van der Waals surface area contributed by atoms with Gasteiger partial charge in [0.1, 0.15) is 6.61 Å². The highest BCUT2D eigenvalue weighted by Gasteiger charge is 2.35. The van der Waals surface area contributed by atoms with E-state index in [9.17, 15) is 9.90 Å². The molecule has 0 fully saturated rings. The predicted octanol–water partition coefficient (Wildman–Crippen LogP) is 1.53. The van der Waals surface area contributed by atoms with Gasteiger partial charge >= 0.3 is 5.97 Å². The van der Waals surface area contributed by atoms with Crippen LogP contribution in [-0.4, -0.2) is 36.0 Å². The Bertz CT molecular complexity index is 290. The third-order valence-electron chi connectivity index (χ3n) is 2.63. The van der Waals surface area contributed by atoms with Crippen molar-refractivity contribution >= 4 is 5.97 Å². The first-order valence-corrected chi connectivity index (χ1v) is 5.94. The fourth-order valence-electron chi connectivity index (χ4n) is 1.93. The fraction of sp³-hybridized carbons (Fsp3) is 0.769. The van der Waals surface area contributed by atoms with Crippen molar-refractivity contribution in [1.29, 1.82) is 0 Å². The number of carbonyl (C=O) groups is 1. The van der Waals surface area contributed by atoms with Crippen LogP contribution in [0.2, 0.25) is 0 Å². The SMILES string of the molecule is CC(=O)OC[C@@H]1C=C[C@H](CO)[C@H]1OC(C)(C)C. The van der Waals surface area contributed by atoms with Gasteiger partial charge in [-0.2, -0.15) is 0 Å². The maximum absolute atomic E-state index is 10.8.